The summed E-state index contributed by atoms with van der Waals surface area (Å²) in [6.45, 7) is 1.84. The second kappa shape index (κ2) is 5.90. The summed E-state index contributed by atoms with van der Waals surface area (Å²) in [6, 6.07) is 8.00. The zero-order chi connectivity index (χ0) is 13.8. The predicted octanol–water partition coefficient (Wildman–Crippen LogP) is 0.949. The van der Waals surface area contributed by atoms with Crippen LogP contribution in [0.5, 0.6) is 0 Å². The van der Waals surface area contributed by atoms with E-state index in [2.05, 4.69) is 5.32 Å². The highest BCUT2D eigenvalue weighted by molar-refractivity contribution is 5.56. The first-order valence-corrected chi connectivity index (χ1v) is 6.16. The van der Waals surface area contributed by atoms with Gasteiger partial charge in [0.15, 0.2) is 0 Å². The monoisotopic (exact) mass is 264 g/mol. The van der Waals surface area contributed by atoms with E-state index in [0.717, 1.165) is 11.8 Å². The van der Waals surface area contributed by atoms with Crippen molar-refractivity contribution in [3.63, 3.8) is 0 Å². The Hall–Kier alpha value is -1.79. The molecule has 4 atom stereocenters. The molecule has 1 aromatic rings. The minimum Gasteiger partial charge on any atom is -0.360 e. The number of carbonyl (C=O) groups is 1. The number of rotatable bonds is 4. The number of nitrogens with one attached hydrogen (secondary N) is 1. The van der Waals surface area contributed by atoms with Gasteiger partial charge in [-0.2, -0.15) is 0 Å². The van der Waals surface area contributed by atoms with Gasteiger partial charge in [-0.3, -0.25) is 10.1 Å². The molecule has 0 radical (unpaired) electrons. The third-order valence-corrected chi connectivity index (χ3v) is 3.33. The van der Waals surface area contributed by atoms with Gasteiger partial charge < -0.3 is 14.8 Å². The molecule has 1 aliphatic rings. The number of hydrogen-bond acceptors (Lipinski definition) is 5. The molecular weight excluding hydrogens is 248 g/mol. The van der Waals surface area contributed by atoms with Gasteiger partial charge in [0.1, 0.15) is 24.5 Å². The van der Waals surface area contributed by atoms with E-state index in [9.17, 15) is 14.9 Å². The molecule has 102 valence electrons. The van der Waals surface area contributed by atoms with E-state index in [1.807, 2.05) is 30.3 Å². The van der Waals surface area contributed by atoms with E-state index < -0.39 is 24.3 Å². The standard InChI is InChI=1S/C13H16N2O4/c1-9(15(17)18)12-13(10-5-3-2-4-6-10)19-11(8-16)7-14-12/h2-6,8-9,11-14H,7H2,1H3/t9-,11+,12+,13?/m0/s1. The lowest BCUT2D eigenvalue weighted by molar-refractivity contribution is -0.525. The summed E-state index contributed by atoms with van der Waals surface area (Å²) < 4.78 is 5.67. The minimum absolute atomic E-state index is 0.301. The average molecular weight is 264 g/mol. The van der Waals surface area contributed by atoms with E-state index in [-0.39, 0.29) is 4.92 Å². The summed E-state index contributed by atoms with van der Waals surface area (Å²) in [6.07, 6.45) is -0.346. The van der Waals surface area contributed by atoms with Gasteiger partial charge in [0.05, 0.1) is 0 Å². The van der Waals surface area contributed by atoms with Gasteiger partial charge in [-0.25, -0.2) is 0 Å². The molecule has 0 amide bonds. The van der Waals surface area contributed by atoms with Crippen molar-refractivity contribution in [1.82, 2.24) is 5.32 Å². The first kappa shape index (κ1) is 13.6. The number of ether oxygens (including phenoxy) is 1. The molecule has 1 fully saturated rings. The summed E-state index contributed by atoms with van der Waals surface area (Å²) >= 11 is 0. The fourth-order valence-electron chi connectivity index (χ4n) is 2.24. The predicted molar refractivity (Wildman–Crippen MR) is 68.4 cm³/mol. The topological polar surface area (TPSA) is 81.5 Å². The van der Waals surface area contributed by atoms with Gasteiger partial charge in [0, 0.05) is 18.4 Å². The lowest BCUT2D eigenvalue weighted by Crippen LogP contribution is -2.55. The maximum Gasteiger partial charge on any atom is 0.228 e. The molecule has 2 rings (SSSR count). The Kier molecular flexibility index (Phi) is 4.24. The normalized spacial score (nSPS) is 28.6. The summed E-state index contributed by atoms with van der Waals surface area (Å²) in [7, 11) is 0. The van der Waals surface area contributed by atoms with Crippen LogP contribution in [0.25, 0.3) is 0 Å². The Labute approximate surface area is 110 Å². The van der Waals surface area contributed by atoms with Gasteiger partial charge >= 0.3 is 0 Å². The first-order valence-electron chi connectivity index (χ1n) is 6.16. The molecule has 0 spiro atoms. The molecule has 0 bridgehead atoms. The molecule has 0 saturated carbocycles. The largest absolute Gasteiger partial charge is 0.360 e. The molecule has 0 aliphatic carbocycles. The Morgan fingerprint density at radius 1 is 1.47 bits per heavy atom. The highest BCUT2D eigenvalue weighted by atomic mass is 16.6. The van der Waals surface area contributed by atoms with E-state index in [1.165, 1.54) is 6.92 Å². The molecule has 0 aromatic heterocycles. The molecule has 1 aromatic carbocycles. The van der Waals surface area contributed by atoms with Crippen LogP contribution in [-0.4, -0.2) is 35.9 Å². The highest BCUT2D eigenvalue weighted by Gasteiger charge is 2.40. The van der Waals surface area contributed by atoms with Crippen LogP contribution >= 0.6 is 0 Å². The van der Waals surface area contributed by atoms with Crippen molar-refractivity contribution in [1.29, 1.82) is 0 Å². The molecule has 1 aliphatic heterocycles. The van der Waals surface area contributed by atoms with E-state index in [4.69, 9.17) is 4.74 Å². The summed E-state index contributed by atoms with van der Waals surface area (Å²) in [4.78, 5) is 21.5. The number of morpholine rings is 1. The highest BCUT2D eigenvalue weighted by Crippen LogP contribution is 2.28. The Balaban J connectivity index is 2.26. The number of aldehydes is 1. The maximum absolute atomic E-state index is 11.0. The van der Waals surface area contributed by atoms with Crippen molar-refractivity contribution in [2.45, 2.75) is 31.2 Å². The van der Waals surface area contributed by atoms with Crippen molar-refractivity contribution in [2.75, 3.05) is 6.54 Å². The number of hydrogen-bond donors (Lipinski definition) is 1. The van der Waals surface area contributed by atoms with Crippen LogP contribution in [0.2, 0.25) is 0 Å². The molecule has 1 unspecified atom stereocenters. The molecule has 1 saturated heterocycles. The van der Waals surface area contributed by atoms with Crippen LogP contribution in [0, 0.1) is 10.1 Å². The fourth-order valence-corrected chi connectivity index (χ4v) is 2.24. The maximum atomic E-state index is 11.0. The minimum atomic E-state index is -0.794. The lowest BCUT2D eigenvalue weighted by atomic mass is 9.95. The lowest BCUT2D eigenvalue weighted by Gasteiger charge is -2.36. The van der Waals surface area contributed by atoms with Gasteiger partial charge in [-0.1, -0.05) is 30.3 Å². The number of carbonyl (C=O) groups excluding carboxylic acids is 1. The quantitative estimate of drug-likeness (QED) is 0.497. The van der Waals surface area contributed by atoms with Crippen molar-refractivity contribution in [3.8, 4) is 0 Å². The average Bonchev–Trinajstić information content (AvgIpc) is 2.46. The molecule has 1 N–H and O–H groups in total. The molecule has 6 heteroatoms. The molecule has 19 heavy (non-hydrogen) atoms. The second-order valence-corrected chi connectivity index (χ2v) is 4.60. The molecule has 6 nitrogen and oxygen atoms in total. The summed E-state index contributed by atoms with van der Waals surface area (Å²) in [5.41, 5.74) is 0.834. The van der Waals surface area contributed by atoms with Crippen molar-refractivity contribution in [3.05, 3.63) is 46.0 Å². The number of nitrogens with zero attached hydrogens (tertiary/aromatic N) is 1. The first-order chi connectivity index (χ1) is 9.13. The van der Waals surface area contributed by atoms with Gasteiger partial charge in [0.2, 0.25) is 6.04 Å². The van der Waals surface area contributed by atoms with Crippen LogP contribution in [0.15, 0.2) is 30.3 Å². The summed E-state index contributed by atoms with van der Waals surface area (Å²) in [5.74, 6) is 0. The fraction of sp³-hybridized carbons (Fsp3) is 0.462. The molecule has 1 heterocycles. The third-order valence-electron chi connectivity index (χ3n) is 3.33. The van der Waals surface area contributed by atoms with E-state index >= 15 is 0 Å². The van der Waals surface area contributed by atoms with Crippen LogP contribution in [0.4, 0.5) is 0 Å². The van der Waals surface area contributed by atoms with Crippen LogP contribution in [0.3, 0.4) is 0 Å². The summed E-state index contributed by atoms with van der Waals surface area (Å²) in [5, 5.41) is 14.0. The Morgan fingerprint density at radius 2 is 2.16 bits per heavy atom. The molecular formula is C13H16N2O4. The third kappa shape index (κ3) is 2.97. The van der Waals surface area contributed by atoms with Gasteiger partial charge in [0.25, 0.3) is 0 Å². The van der Waals surface area contributed by atoms with E-state index in [0.29, 0.717) is 6.54 Å². The smallest absolute Gasteiger partial charge is 0.228 e. The van der Waals surface area contributed by atoms with Crippen LogP contribution < -0.4 is 5.32 Å². The SMILES string of the molecule is C[C@@H]([C@H]1NC[C@H](C=O)OC1c1ccccc1)[N+](=O)[O-]. The Bertz CT molecular complexity index is 451. The van der Waals surface area contributed by atoms with Gasteiger partial charge in [-0.05, 0) is 5.56 Å². The van der Waals surface area contributed by atoms with Crippen LogP contribution in [-0.2, 0) is 9.53 Å². The van der Waals surface area contributed by atoms with Gasteiger partial charge in [-0.15, -0.1) is 0 Å². The zero-order valence-corrected chi connectivity index (χ0v) is 10.6. The van der Waals surface area contributed by atoms with Crippen molar-refractivity contribution in [2.24, 2.45) is 0 Å². The van der Waals surface area contributed by atoms with Crippen molar-refractivity contribution < 1.29 is 14.5 Å². The van der Waals surface area contributed by atoms with E-state index in [1.54, 1.807) is 0 Å². The Morgan fingerprint density at radius 3 is 2.74 bits per heavy atom. The second-order valence-electron chi connectivity index (χ2n) is 4.60. The number of benzene rings is 1. The zero-order valence-electron chi connectivity index (χ0n) is 10.6. The van der Waals surface area contributed by atoms with Crippen molar-refractivity contribution >= 4 is 6.29 Å². The van der Waals surface area contributed by atoms with Crippen LogP contribution in [0.1, 0.15) is 18.6 Å². The number of nitro groups is 1.